The molecule has 8 aromatic carbocycles. The van der Waals surface area contributed by atoms with Gasteiger partial charge in [0.2, 0.25) is 0 Å². The van der Waals surface area contributed by atoms with Crippen molar-refractivity contribution in [1.29, 1.82) is 0 Å². The van der Waals surface area contributed by atoms with E-state index in [1.54, 1.807) is 0 Å². The molecule has 9 aromatic rings. The van der Waals surface area contributed by atoms with E-state index in [1.807, 2.05) is 24.3 Å². The van der Waals surface area contributed by atoms with Crippen LogP contribution in [0.15, 0.2) is 188 Å². The maximum atomic E-state index is 5.05. The van der Waals surface area contributed by atoms with E-state index in [2.05, 4.69) is 164 Å². The Bertz CT molecular complexity index is 2940. The lowest BCUT2D eigenvalue weighted by Gasteiger charge is -2.36. The van der Waals surface area contributed by atoms with Crippen molar-refractivity contribution in [2.24, 2.45) is 0 Å². The second-order valence-electron chi connectivity index (χ2n) is 15.8. The summed E-state index contributed by atoms with van der Waals surface area (Å²) in [4.78, 5) is 15.0. The van der Waals surface area contributed by atoms with Crippen LogP contribution in [0.4, 0.5) is 0 Å². The molecule has 2 aliphatic carbocycles. The third-order valence-electron chi connectivity index (χ3n) is 12.6. The van der Waals surface area contributed by atoms with Gasteiger partial charge in [-0.25, -0.2) is 15.0 Å². The minimum absolute atomic E-state index is 0.131. The molecule has 0 saturated heterocycles. The molecule has 1 spiro atoms. The fourth-order valence-corrected chi connectivity index (χ4v) is 9.71. The van der Waals surface area contributed by atoms with E-state index in [4.69, 9.17) is 15.0 Å². The lowest BCUT2D eigenvalue weighted by atomic mass is 9.67. The Balaban J connectivity index is 0.955. The third-order valence-corrected chi connectivity index (χ3v) is 12.6. The SMILES string of the molecule is c1ccc(-c2ccc(-c3nc(-c4ccccc4)nc(-c4ccc(-c5ccc(-c6ccc7c(c6)C6(CCCCC6)c6ccccc6-7)c6ccccc56)cc4)n3)cc2)cc1. The molecule has 276 valence electrons. The number of hydrogen-bond acceptors (Lipinski definition) is 3. The predicted octanol–water partition coefficient (Wildman–Crippen LogP) is 14.3. The number of hydrogen-bond donors (Lipinski definition) is 0. The van der Waals surface area contributed by atoms with Crippen LogP contribution in [-0.4, -0.2) is 15.0 Å². The molecule has 3 heteroatoms. The molecule has 1 saturated carbocycles. The summed E-state index contributed by atoms with van der Waals surface area (Å²) in [5.74, 6) is 1.96. The van der Waals surface area contributed by atoms with Crippen LogP contribution in [0.3, 0.4) is 0 Å². The van der Waals surface area contributed by atoms with E-state index >= 15 is 0 Å². The first kappa shape index (κ1) is 34.3. The van der Waals surface area contributed by atoms with Crippen molar-refractivity contribution in [3.63, 3.8) is 0 Å². The fraction of sp³-hybridized carbons (Fsp3) is 0.109. The molecule has 3 nitrogen and oxygen atoms in total. The lowest BCUT2D eigenvalue weighted by Crippen LogP contribution is -2.28. The number of benzene rings is 8. The van der Waals surface area contributed by atoms with Gasteiger partial charge in [-0.1, -0.05) is 201 Å². The van der Waals surface area contributed by atoms with Crippen LogP contribution in [0.1, 0.15) is 43.2 Å². The largest absolute Gasteiger partial charge is 0.208 e. The molecule has 0 aliphatic heterocycles. The molecule has 0 amide bonds. The van der Waals surface area contributed by atoms with Crippen LogP contribution < -0.4 is 0 Å². The van der Waals surface area contributed by atoms with Gasteiger partial charge in [-0.3, -0.25) is 0 Å². The van der Waals surface area contributed by atoms with Gasteiger partial charge >= 0.3 is 0 Å². The summed E-state index contributed by atoms with van der Waals surface area (Å²) < 4.78 is 0. The Morgan fingerprint density at radius 1 is 0.293 bits per heavy atom. The van der Waals surface area contributed by atoms with Crippen LogP contribution in [0.25, 0.3) is 89.4 Å². The molecule has 1 fully saturated rings. The van der Waals surface area contributed by atoms with Gasteiger partial charge in [0.05, 0.1) is 0 Å². The van der Waals surface area contributed by atoms with E-state index in [9.17, 15) is 0 Å². The highest BCUT2D eigenvalue weighted by molar-refractivity contribution is 6.05. The smallest absolute Gasteiger partial charge is 0.164 e. The molecule has 1 aromatic heterocycles. The normalized spacial score (nSPS) is 14.0. The molecule has 11 rings (SSSR count). The second kappa shape index (κ2) is 14.2. The monoisotopic (exact) mass is 743 g/mol. The number of fused-ring (bicyclic) bond motifs is 6. The minimum atomic E-state index is 0.131. The average Bonchev–Trinajstić information content (AvgIpc) is 3.57. The minimum Gasteiger partial charge on any atom is -0.208 e. The Morgan fingerprint density at radius 2 is 0.707 bits per heavy atom. The van der Waals surface area contributed by atoms with E-state index in [0.717, 1.165) is 27.8 Å². The first-order chi connectivity index (χ1) is 28.7. The summed E-state index contributed by atoms with van der Waals surface area (Å²) in [6.45, 7) is 0. The molecule has 0 N–H and O–H groups in total. The van der Waals surface area contributed by atoms with Crippen molar-refractivity contribution in [3.05, 3.63) is 199 Å². The maximum Gasteiger partial charge on any atom is 0.164 e. The summed E-state index contributed by atoms with van der Waals surface area (Å²) in [5.41, 5.74) is 16.2. The van der Waals surface area contributed by atoms with Crippen LogP contribution >= 0.6 is 0 Å². The fourth-order valence-electron chi connectivity index (χ4n) is 9.71. The van der Waals surface area contributed by atoms with Crippen molar-refractivity contribution in [1.82, 2.24) is 15.0 Å². The highest BCUT2D eigenvalue weighted by Gasteiger charge is 2.43. The van der Waals surface area contributed by atoms with Gasteiger partial charge < -0.3 is 0 Å². The van der Waals surface area contributed by atoms with E-state index in [1.165, 1.54) is 87.4 Å². The molecule has 0 atom stereocenters. The van der Waals surface area contributed by atoms with Gasteiger partial charge in [-0.05, 0) is 85.3 Å². The zero-order valence-electron chi connectivity index (χ0n) is 32.3. The lowest BCUT2D eigenvalue weighted by molar-refractivity contribution is 0.353. The Morgan fingerprint density at radius 3 is 1.33 bits per heavy atom. The topological polar surface area (TPSA) is 38.7 Å². The molecular weight excluding hydrogens is 703 g/mol. The number of rotatable bonds is 6. The standard InChI is InChI=1S/C55H41N3/c1-4-14-37(15-5-1)38-22-26-41(27-23-38)53-56-52(40-16-6-2-7-17-40)57-54(58-53)42-28-24-39(25-29-42)44-32-33-45(47-19-9-8-18-46(44)47)43-30-31-49-48-20-10-11-21-50(48)55(51(49)36-43)34-12-3-13-35-55/h1-2,4-11,14-33,36H,3,12-13,34-35H2. The van der Waals surface area contributed by atoms with E-state index in [-0.39, 0.29) is 5.41 Å². The van der Waals surface area contributed by atoms with E-state index < -0.39 is 0 Å². The number of aromatic nitrogens is 3. The van der Waals surface area contributed by atoms with E-state index in [0.29, 0.717) is 17.5 Å². The highest BCUT2D eigenvalue weighted by Crippen LogP contribution is 2.56. The first-order valence-corrected chi connectivity index (χ1v) is 20.6. The van der Waals surface area contributed by atoms with Gasteiger partial charge in [-0.2, -0.15) is 0 Å². The van der Waals surface area contributed by atoms with Gasteiger partial charge in [-0.15, -0.1) is 0 Å². The molecular formula is C55H41N3. The van der Waals surface area contributed by atoms with Crippen LogP contribution in [0.5, 0.6) is 0 Å². The molecule has 2 aliphatic rings. The molecule has 0 unspecified atom stereocenters. The van der Waals surface area contributed by atoms with Crippen LogP contribution in [0, 0.1) is 0 Å². The second-order valence-corrected chi connectivity index (χ2v) is 15.8. The van der Waals surface area contributed by atoms with Gasteiger partial charge in [0.1, 0.15) is 0 Å². The Kier molecular flexibility index (Phi) is 8.40. The summed E-state index contributed by atoms with van der Waals surface area (Å²) in [6, 6.07) is 67.7. The van der Waals surface area contributed by atoms with Crippen molar-refractivity contribution < 1.29 is 0 Å². The van der Waals surface area contributed by atoms with Crippen LogP contribution in [0.2, 0.25) is 0 Å². The van der Waals surface area contributed by atoms with Crippen LogP contribution in [-0.2, 0) is 5.41 Å². The van der Waals surface area contributed by atoms with Crippen molar-refractivity contribution in [3.8, 4) is 78.7 Å². The number of nitrogens with zero attached hydrogens (tertiary/aromatic N) is 3. The van der Waals surface area contributed by atoms with Gasteiger partial charge in [0.25, 0.3) is 0 Å². The highest BCUT2D eigenvalue weighted by atomic mass is 15.0. The molecule has 0 radical (unpaired) electrons. The van der Waals surface area contributed by atoms with Crippen molar-refractivity contribution >= 4 is 10.8 Å². The summed E-state index contributed by atoms with van der Waals surface area (Å²) in [6.07, 6.45) is 6.39. The predicted molar refractivity (Wildman–Crippen MR) is 239 cm³/mol. The molecule has 1 heterocycles. The summed E-state index contributed by atoms with van der Waals surface area (Å²) in [7, 11) is 0. The van der Waals surface area contributed by atoms with Gasteiger partial charge in [0, 0.05) is 22.1 Å². The Hall–Kier alpha value is -6.97. The van der Waals surface area contributed by atoms with Crippen molar-refractivity contribution in [2.75, 3.05) is 0 Å². The first-order valence-electron chi connectivity index (χ1n) is 20.6. The average molecular weight is 744 g/mol. The quantitative estimate of drug-likeness (QED) is 0.170. The zero-order valence-corrected chi connectivity index (χ0v) is 32.3. The summed E-state index contributed by atoms with van der Waals surface area (Å²) in [5, 5.41) is 2.52. The molecule has 0 bridgehead atoms. The maximum absolute atomic E-state index is 5.05. The third kappa shape index (κ3) is 5.85. The summed E-state index contributed by atoms with van der Waals surface area (Å²) >= 11 is 0. The van der Waals surface area contributed by atoms with Gasteiger partial charge in [0.15, 0.2) is 17.5 Å². The molecule has 58 heavy (non-hydrogen) atoms. The van der Waals surface area contributed by atoms with Crippen molar-refractivity contribution in [2.45, 2.75) is 37.5 Å². The zero-order chi connectivity index (χ0) is 38.5. The Labute approximate surface area is 339 Å².